The van der Waals surface area contributed by atoms with E-state index in [1.54, 1.807) is 6.07 Å². The largest absolute Gasteiger partial charge is 0.443 e. The van der Waals surface area contributed by atoms with Crippen molar-refractivity contribution in [2.24, 2.45) is 0 Å². The van der Waals surface area contributed by atoms with Crippen molar-refractivity contribution >= 4 is 50.5 Å². The van der Waals surface area contributed by atoms with Crippen molar-refractivity contribution in [3.63, 3.8) is 0 Å². The number of halogens is 1. The minimum atomic E-state index is -0.594. The number of nitrogens with zero attached hydrogens (tertiary/aromatic N) is 1. The van der Waals surface area contributed by atoms with E-state index in [4.69, 9.17) is 4.74 Å². The highest BCUT2D eigenvalue weighted by molar-refractivity contribution is 9.10. The zero-order chi connectivity index (χ0) is 18.4. The summed E-state index contributed by atoms with van der Waals surface area (Å²) in [6.07, 6.45) is 2.51. The Morgan fingerprint density at radius 1 is 1.32 bits per heavy atom. The van der Waals surface area contributed by atoms with Gasteiger partial charge in [-0.3, -0.25) is 9.36 Å². The zero-order valence-electron chi connectivity index (χ0n) is 14.9. The van der Waals surface area contributed by atoms with Crippen molar-refractivity contribution in [2.75, 3.05) is 11.5 Å². The molecule has 0 saturated carbocycles. The summed E-state index contributed by atoms with van der Waals surface area (Å²) in [6.45, 7) is 7.05. The lowest BCUT2D eigenvalue weighted by Crippen LogP contribution is -2.27. The second-order valence-corrected chi connectivity index (χ2v) is 9.47. The lowest BCUT2D eigenvalue weighted by atomic mass is 9.97. The maximum absolute atomic E-state index is 12.8. The molecule has 0 aliphatic carbocycles. The molecule has 4 nitrogen and oxygen atoms in total. The molecule has 1 aliphatic heterocycles. The molecule has 1 saturated heterocycles. The number of hydrogen-bond acceptors (Lipinski definition) is 4. The number of rotatable bonds is 2. The molecule has 0 radical (unpaired) electrons. The van der Waals surface area contributed by atoms with Gasteiger partial charge in [0.1, 0.15) is 5.60 Å². The predicted octanol–water partition coefficient (Wildman–Crippen LogP) is 5.61. The first kappa shape index (κ1) is 18.5. The van der Waals surface area contributed by atoms with Crippen LogP contribution in [0.25, 0.3) is 10.9 Å². The van der Waals surface area contributed by atoms with E-state index >= 15 is 0 Å². The molecule has 2 aromatic rings. The van der Waals surface area contributed by atoms with Gasteiger partial charge in [0.25, 0.3) is 0 Å². The van der Waals surface area contributed by atoms with Crippen molar-refractivity contribution < 1.29 is 14.3 Å². The fourth-order valence-electron chi connectivity index (χ4n) is 3.18. The molecule has 1 aromatic heterocycles. The first-order valence-corrected chi connectivity index (χ1v) is 10.3. The number of benzene rings is 1. The van der Waals surface area contributed by atoms with Gasteiger partial charge in [0, 0.05) is 27.4 Å². The fourth-order valence-corrected chi connectivity index (χ4v) is 4.89. The van der Waals surface area contributed by atoms with E-state index in [-0.39, 0.29) is 5.78 Å². The van der Waals surface area contributed by atoms with Crippen LogP contribution in [0.3, 0.4) is 0 Å². The monoisotopic (exact) mass is 423 g/mol. The number of fused-ring (bicyclic) bond motifs is 1. The fraction of sp³-hybridized carbons (Fsp3) is 0.474. The summed E-state index contributed by atoms with van der Waals surface area (Å²) in [5.74, 6) is 2.49. The number of carbonyl (C=O) groups excluding carboxylic acids is 2. The number of carbonyl (C=O) groups is 2. The van der Waals surface area contributed by atoms with Crippen molar-refractivity contribution in [1.82, 2.24) is 4.57 Å². The van der Waals surface area contributed by atoms with Crippen molar-refractivity contribution in [1.29, 1.82) is 0 Å². The van der Waals surface area contributed by atoms with Crippen molar-refractivity contribution in [2.45, 2.75) is 45.6 Å². The Kier molecular flexibility index (Phi) is 5.04. The zero-order valence-corrected chi connectivity index (χ0v) is 17.3. The van der Waals surface area contributed by atoms with E-state index in [2.05, 4.69) is 15.9 Å². The van der Waals surface area contributed by atoms with Crippen molar-refractivity contribution in [3.05, 3.63) is 33.9 Å². The lowest BCUT2D eigenvalue weighted by molar-refractivity contribution is 0.0544. The van der Waals surface area contributed by atoms with Crippen LogP contribution in [0.5, 0.6) is 0 Å². The number of hydrogen-bond donors (Lipinski definition) is 0. The van der Waals surface area contributed by atoms with E-state index in [0.29, 0.717) is 17.0 Å². The molecule has 2 heterocycles. The second kappa shape index (κ2) is 6.80. The summed E-state index contributed by atoms with van der Waals surface area (Å²) in [7, 11) is 0. The van der Waals surface area contributed by atoms with Crippen LogP contribution in [0.1, 0.15) is 56.0 Å². The number of Topliss-reactive ketones (excluding diaryl/α,β-unsaturated/α-hetero) is 1. The smallest absolute Gasteiger partial charge is 0.419 e. The molecule has 6 heteroatoms. The van der Waals surface area contributed by atoms with Gasteiger partial charge in [0.2, 0.25) is 0 Å². The van der Waals surface area contributed by atoms with Gasteiger partial charge in [-0.05, 0) is 63.5 Å². The number of ether oxygens (including phenoxy) is 1. The highest BCUT2D eigenvalue weighted by Crippen LogP contribution is 2.39. The standard InChI is InChI=1S/C19H22BrNO3S/c1-11(22)14-7-13(20)8-15-16(12-5-6-25-10-12)9-21(17(14)15)18(23)24-19(2,3)4/h7-9,12H,5-6,10H2,1-4H3. The number of ketones is 1. The third-order valence-electron chi connectivity index (χ3n) is 4.23. The highest BCUT2D eigenvalue weighted by Gasteiger charge is 2.28. The van der Waals surface area contributed by atoms with Crippen LogP contribution in [-0.2, 0) is 4.74 Å². The van der Waals surface area contributed by atoms with Crippen LogP contribution in [0.2, 0.25) is 0 Å². The summed E-state index contributed by atoms with van der Waals surface area (Å²) in [5.41, 5.74) is 1.71. The minimum Gasteiger partial charge on any atom is -0.443 e. The van der Waals surface area contributed by atoms with Crippen LogP contribution < -0.4 is 0 Å². The quantitative estimate of drug-likeness (QED) is 0.588. The first-order valence-electron chi connectivity index (χ1n) is 8.34. The molecule has 0 bridgehead atoms. The van der Waals surface area contributed by atoms with E-state index in [9.17, 15) is 9.59 Å². The normalized spacial score (nSPS) is 17.9. The van der Waals surface area contributed by atoms with E-state index in [1.165, 1.54) is 11.5 Å². The Labute approximate surface area is 160 Å². The second-order valence-electron chi connectivity index (χ2n) is 7.40. The van der Waals surface area contributed by atoms with Crippen LogP contribution >= 0.6 is 27.7 Å². The third-order valence-corrected chi connectivity index (χ3v) is 5.85. The Morgan fingerprint density at radius 2 is 2.04 bits per heavy atom. The van der Waals surface area contributed by atoms with Gasteiger partial charge in [-0.25, -0.2) is 4.79 Å². The molecule has 25 heavy (non-hydrogen) atoms. The van der Waals surface area contributed by atoms with E-state index < -0.39 is 11.7 Å². The predicted molar refractivity (Wildman–Crippen MR) is 106 cm³/mol. The molecular weight excluding hydrogens is 402 g/mol. The molecular formula is C19H22BrNO3S. The number of thioether (sulfide) groups is 1. The summed E-state index contributed by atoms with van der Waals surface area (Å²) in [4.78, 5) is 25.0. The molecule has 0 spiro atoms. The summed E-state index contributed by atoms with van der Waals surface area (Å²) in [5, 5.41) is 0.956. The average molecular weight is 424 g/mol. The Morgan fingerprint density at radius 3 is 2.60 bits per heavy atom. The van der Waals surface area contributed by atoms with Crippen LogP contribution in [0.4, 0.5) is 4.79 Å². The maximum atomic E-state index is 12.8. The van der Waals surface area contributed by atoms with Gasteiger partial charge in [0.05, 0.1) is 5.52 Å². The van der Waals surface area contributed by atoms with Gasteiger partial charge < -0.3 is 4.74 Å². The molecule has 3 rings (SSSR count). The van der Waals surface area contributed by atoms with Gasteiger partial charge in [-0.1, -0.05) is 15.9 Å². The maximum Gasteiger partial charge on any atom is 0.419 e. The molecule has 1 aromatic carbocycles. The molecule has 1 aliphatic rings. The SMILES string of the molecule is CC(=O)c1cc(Br)cc2c(C3CCSC3)cn(C(=O)OC(C)(C)C)c12. The van der Waals surface area contributed by atoms with Crippen LogP contribution in [0, 0.1) is 0 Å². The van der Waals surface area contributed by atoms with Gasteiger partial charge in [-0.2, -0.15) is 11.8 Å². The average Bonchev–Trinajstić information content (AvgIpc) is 3.10. The van der Waals surface area contributed by atoms with Gasteiger partial charge in [-0.15, -0.1) is 0 Å². The van der Waals surface area contributed by atoms with Crippen LogP contribution in [0.15, 0.2) is 22.8 Å². The van der Waals surface area contributed by atoms with Gasteiger partial charge in [0.15, 0.2) is 5.78 Å². The van der Waals surface area contributed by atoms with E-state index in [0.717, 1.165) is 33.3 Å². The van der Waals surface area contributed by atoms with Crippen LogP contribution in [-0.4, -0.2) is 33.6 Å². The van der Waals surface area contributed by atoms with Crippen molar-refractivity contribution in [3.8, 4) is 0 Å². The molecule has 134 valence electrons. The Hall–Kier alpha value is -1.27. The summed E-state index contributed by atoms with van der Waals surface area (Å²) >= 11 is 5.43. The molecule has 1 unspecified atom stereocenters. The molecule has 0 amide bonds. The Bertz CT molecular complexity index is 844. The summed E-state index contributed by atoms with van der Waals surface area (Å²) < 4.78 is 7.93. The lowest BCUT2D eigenvalue weighted by Gasteiger charge is -2.20. The minimum absolute atomic E-state index is 0.0680. The molecule has 0 N–H and O–H groups in total. The molecule has 1 atom stereocenters. The van der Waals surface area contributed by atoms with Gasteiger partial charge >= 0.3 is 6.09 Å². The number of aromatic nitrogens is 1. The Balaban J connectivity index is 2.24. The van der Waals surface area contributed by atoms with E-state index in [1.807, 2.05) is 44.8 Å². The highest BCUT2D eigenvalue weighted by atomic mass is 79.9. The molecule has 1 fully saturated rings. The first-order chi connectivity index (χ1) is 11.7. The third kappa shape index (κ3) is 3.80. The summed E-state index contributed by atoms with van der Waals surface area (Å²) in [6, 6.07) is 3.78. The topological polar surface area (TPSA) is 48.3 Å².